The molecule has 57 heavy (non-hydrogen) atoms. The van der Waals surface area contributed by atoms with Gasteiger partial charge in [0.2, 0.25) is 0 Å². The van der Waals surface area contributed by atoms with Gasteiger partial charge in [0.25, 0.3) is 0 Å². The molecule has 3 nitrogen and oxygen atoms in total. The van der Waals surface area contributed by atoms with E-state index in [9.17, 15) is 0 Å². The first-order valence-electron chi connectivity index (χ1n) is 19.3. The van der Waals surface area contributed by atoms with Crippen LogP contribution in [0, 0.1) is 12.1 Å². The van der Waals surface area contributed by atoms with Crippen LogP contribution in [0.25, 0.3) is 55.6 Å². The fraction of sp³-hybridized carbons (Fsp3) is 0.115. The summed E-state index contributed by atoms with van der Waals surface area (Å²) in [5, 5.41) is 3.66. The molecular weight excluding hydrogens is 889 g/mol. The van der Waals surface area contributed by atoms with Crippen LogP contribution in [0.4, 0.5) is 0 Å². The van der Waals surface area contributed by atoms with Gasteiger partial charge in [-0.2, -0.15) is 0 Å². The van der Waals surface area contributed by atoms with Gasteiger partial charge in [0.1, 0.15) is 5.58 Å². The number of aromatic nitrogens is 2. The number of furan rings is 1. The van der Waals surface area contributed by atoms with Crippen molar-refractivity contribution < 1.29 is 24.5 Å². The van der Waals surface area contributed by atoms with Crippen molar-refractivity contribution in [3.63, 3.8) is 0 Å². The fourth-order valence-electron chi connectivity index (χ4n) is 7.33. The first kappa shape index (κ1) is 39.5. The van der Waals surface area contributed by atoms with Crippen molar-refractivity contribution >= 4 is 35.2 Å². The van der Waals surface area contributed by atoms with Crippen LogP contribution in [-0.2, 0) is 26.5 Å². The smallest absolute Gasteiger partial charge is 0.120 e. The number of rotatable bonds is 8. The standard InChI is InChI=1S/C28H28NSi.C24H16NO.Ir/c1-21(22-12-7-5-8-13-22)26-19-27(29-20-28(26)30(2,3)4)25-17-11-16-24(18-25)23-14-9-6-10-15-23;1-2-6-17(7-3-1)14-18-12-13-25-22(15-18)19-10-11-24-21(16-19)20-8-4-5-9-23(20)26-24;/h5-16,18-21H,1-4H3;1-9,11-13,15-16H,14H2;/q2*-1;. The molecule has 3 aromatic heterocycles. The molecule has 283 valence electrons. The third-order valence-electron chi connectivity index (χ3n) is 10.4. The minimum atomic E-state index is -1.53. The fourth-order valence-corrected chi connectivity index (χ4v) is 8.94. The van der Waals surface area contributed by atoms with E-state index in [2.05, 4.69) is 171 Å². The largest absolute Gasteiger partial charge is 0.500 e. The predicted octanol–water partition coefficient (Wildman–Crippen LogP) is 12.9. The van der Waals surface area contributed by atoms with E-state index in [1.807, 2.05) is 48.7 Å². The Balaban J connectivity index is 0.000000172. The first-order valence-corrected chi connectivity index (χ1v) is 22.8. The van der Waals surface area contributed by atoms with E-state index in [1.54, 1.807) is 0 Å². The van der Waals surface area contributed by atoms with Crippen LogP contribution < -0.4 is 5.19 Å². The Hall–Kier alpha value is -5.71. The summed E-state index contributed by atoms with van der Waals surface area (Å²) >= 11 is 0. The molecule has 0 aliphatic heterocycles. The maximum atomic E-state index is 5.89. The average Bonchev–Trinajstić information content (AvgIpc) is 3.62. The Labute approximate surface area is 350 Å². The molecule has 9 rings (SSSR count). The first-order chi connectivity index (χ1) is 27.3. The molecule has 0 aliphatic carbocycles. The molecule has 6 aromatic carbocycles. The summed E-state index contributed by atoms with van der Waals surface area (Å²) < 4.78 is 5.89. The minimum absolute atomic E-state index is 0. The van der Waals surface area contributed by atoms with Gasteiger partial charge >= 0.3 is 0 Å². The number of para-hydroxylation sites is 1. The second-order valence-corrected chi connectivity index (χ2v) is 20.4. The van der Waals surface area contributed by atoms with Gasteiger partial charge in [0.15, 0.2) is 0 Å². The van der Waals surface area contributed by atoms with E-state index in [0.717, 1.165) is 50.9 Å². The Bertz CT molecular complexity index is 2720. The van der Waals surface area contributed by atoms with Crippen molar-refractivity contribution in [2.24, 2.45) is 0 Å². The average molecular weight is 933 g/mol. The van der Waals surface area contributed by atoms with Crippen molar-refractivity contribution in [3.05, 3.63) is 211 Å². The van der Waals surface area contributed by atoms with Gasteiger partial charge in [0.05, 0.1) is 13.7 Å². The number of hydrogen-bond donors (Lipinski definition) is 0. The topological polar surface area (TPSA) is 38.9 Å². The third kappa shape index (κ3) is 9.14. The van der Waals surface area contributed by atoms with Gasteiger partial charge < -0.3 is 14.4 Å². The van der Waals surface area contributed by atoms with Crippen LogP contribution in [0.3, 0.4) is 0 Å². The molecule has 1 atom stereocenters. The van der Waals surface area contributed by atoms with Crippen molar-refractivity contribution in [2.45, 2.75) is 38.9 Å². The summed E-state index contributed by atoms with van der Waals surface area (Å²) in [6, 6.07) is 63.4. The van der Waals surface area contributed by atoms with Crippen molar-refractivity contribution in [3.8, 4) is 33.6 Å². The van der Waals surface area contributed by atoms with Gasteiger partial charge in [0, 0.05) is 43.8 Å². The molecule has 0 spiro atoms. The van der Waals surface area contributed by atoms with E-state index in [4.69, 9.17) is 9.40 Å². The van der Waals surface area contributed by atoms with Crippen LogP contribution in [0.5, 0.6) is 0 Å². The van der Waals surface area contributed by atoms with Gasteiger partial charge in [-0.3, -0.25) is 0 Å². The molecule has 1 unspecified atom stereocenters. The van der Waals surface area contributed by atoms with Crippen LogP contribution in [0.1, 0.15) is 35.1 Å². The van der Waals surface area contributed by atoms with E-state index >= 15 is 0 Å². The normalized spacial score (nSPS) is 11.7. The zero-order valence-electron chi connectivity index (χ0n) is 32.7. The van der Waals surface area contributed by atoms with Crippen molar-refractivity contribution in [2.75, 3.05) is 0 Å². The molecule has 9 aromatic rings. The Morgan fingerprint density at radius 2 is 1.26 bits per heavy atom. The Morgan fingerprint density at radius 3 is 2.02 bits per heavy atom. The predicted molar refractivity (Wildman–Crippen MR) is 236 cm³/mol. The molecule has 0 aliphatic rings. The zero-order valence-corrected chi connectivity index (χ0v) is 36.1. The SMILES string of the molecule is CC(c1ccccc1)c1cc(-c2[c-]ccc(-c3ccccc3)c2)ncc1[Si](C)(C)C.[Ir].[c-]1cc2oc3ccccc3c2cc1-c1cc(Cc2ccccc2)ccn1. The molecular formula is C52H44IrN2OSi-2. The second kappa shape index (κ2) is 17.6. The van der Waals surface area contributed by atoms with Crippen molar-refractivity contribution in [1.82, 2.24) is 9.97 Å². The summed E-state index contributed by atoms with van der Waals surface area (Å²) in [6.45, 7) is 9.50. The summed E-state index contributed by atoms with van der Waals surface area (Å²) in [7, 11) is -1.53. The Kier molecular flexibility index (Phi) is 12.2. The summed E-state index contributed by atoms with van der Waals surface area (Å²) in [5.74, 6) is 0.326. The summed E-state index contributed by atoms with van der Waals surface area (Å²) in [5.41, 5.74) is 13.4. The molecule has 0 saturated heterocycles. The molecule has 0 N–H and O–H groups in total. The van der Waals surface area contributed by atoms with Gasteiger partial charge in [-0.25, -0.2) is 0 Å². The van der Waals surface area contributed by atoms with E-state index < -0.39 is 8.07 Å². The van der Waals surface area contributed by atoms with Gasteiger partial charge in [-0.1, -0.05) is 153 Å². The summed E-state index contributed by atoms with van der Waals surface area (Å²) in [6.07, 6.45) is 4.89. The molecule has 0 saturated carbocycles. The molecule has 5 heteroatoms. The number of hydrogen-bond acceptors (Lipinski definition) is 3. The second-order valence-electron chi connectivity index (χ2n) is 15.3. The van der Waals surface area contributed by atoms with E-state index in [-0.39, 0.29) is 20.1 Å². The molecule has 0 bridgehead atoms. The quantitative estimate of drug-likeness (QED) is 0.113. The maximum absolute atomic E-state index is 5.89. The molecule has 3 heterocycles. The van der Waals surface area contributed by atoms with Crippen LogP contribution in [0.2, 0.25) is 19.6 Å². The van der Waals surface area contributed by atoms with Crippen LogP contribution in [0.15, 0.2) is 181 Å². The van der Waals surface area contributed by atoms with Gasteiger partial charge in [-0.05, 0) is 62.9 Å². The maximum Gasteiger partial charge on any atom is 0.120 e. The molecule has 0 amide bonds. The number of fused-ring (bicyclic) bond motifs is 3. The molecule has 1 radical (unpaired) electrons. The van der Waals surface area contributed by atoms with Crippen LogP contribution in [-0.4, -0.2) is 18.0 Å². The Morgan fingerprint density at radius 1 is 0.596 bits per heavy atom. The monoisotopic (exact) mass is 933 g/mol. The van der Waals surface area contributed by atoms with Crippen LogP contribution >= 0.6 is 0 Å². The third-order valence-corrected chi connectivity index (χ3v) is 12.4. The summed E-state index contributed by atoms with van der Waals surface area (Å²) in [4.78, 5) is 9.45. The number of pyridine rings is 2. The minimum Gasteiger partial charge on any atom is -0.500 e. The number of benzene rings is 6. The zero-order chi connectivity index (χ0) is 38.5. The molecule has 0 fully saturated rings. The van der Waals surface area contributed by atoms with E-state index in [1.165, 1.54) is 38.6 Å². The van der Waals surface area contributed by atoms with E-state index in [0.29, 0.717) is 5.92 Å². The van der Waals surface area contributed by atoms with Gasteiger partial charge in [-0.15, -0.1) is 59.2 Å². The number of nitrogens with zero attached hydrogens (tertiary/aromatic N) is 2. The van der Waals surface area contributed by atoms with Crippen molar-refractivity contribution in [1.29, 1.82) is 0 Å².